The molecule has 0 saturated heterocycles. The van der Waals surface area contributed by atoms with E-state index < -0.39 is 5.96 Å². The number of rotatable bonds is 8. The van der Waals surface area contributed by atoms with Crippen LogP contribution in [-0.4, -0.2) is 18.5 Å². The topological polar surface area (TPSA) is 0 Å². The quantitative estimate of drug-likeness (QED) is 0.436. The van der Waals surface area contributed by atoms with Gasteiger partial charge in [-0.15, -0.1) is 0 Å². The van der Waals surface area contributed by atoms with Gasteiger partial charge in [-0.3, -0.25) is 0 Å². The Bertz CT molecular complexity index is 126. The van der Waals surface area contributed by atoms with Crippen molar-refractivity contribution in [1.29, 1.82) is 0 Å². The molecule has 0 aliphatic carbocycles. The van der Waals surface area contributed by atoms with Crippen molar-refractivity contribution in [1.82, 2.24) is 0 Å². The van der Waals surface area contributed by atoms with Crippen molar-refractivity contribution in [2.45, 2.75) is 39.5 Å². The summed E-state index contributed by atoms with van der Waals surface area (Å²) >= 11 is 4.02. The third-order valence-electron chi connectivity index (χ3n) is 2.47. The second kappa shape index (κ2) is 8.00. The van der Waals surface area contributed by atoms with E-state index in [1.165, 1.54) is 44.2 Å². The Kier molecular flexibility index (Phi) is 8.40. The van der Waals surface area contributed by atoms with Crippen LogP contribution in [0.25, 0.3) is 0 Å². The molecule has 2 heteroatoms. The molecule has 80 valence electrons. The molecule has 0 aromatic heterocycles. The van der Waals surface area contributed by atoms with E-state index in [0.717, 1.165) is 0 Å². The van der Waals surface area contributed by atoms with Gasteiger partial charge in [-0.25, -0.2) is 0 Å². The molecule has 0 radical (unpaired) electrons. The third-order valence-corrected chi connectivity index (χ3v) is 9.34. The van der Waals surface area contributed by atoms with Crippen LogP contribution in [0.15, 0.2) is 12.7 Å². The Hall–Kier alpha value is 0.650. The molecule has 0 N–H and O–H groups in total. The summed E-state index contributed by atoms with van der Waals surface area (Å²) in [5, 5.41) is 0. The first kappa shape index (κ1) is 13.7. The predicted molar refractivity (Wildman–Crippen MR) is 71.9 cm³/mol. The first-order valence-corrected chi connectivity index (χ1v) is 10.4. The Morgan fingerprint density at radius 1 is 1.15 bits per heavy atom. The van der Waals surface area contributed by atoms with Crippen LogP contribution in [0.2, 0.25) is 0 Å². The van der Waals surface area contributed by atoms with Crippen LogP contribution in [0.5, 0.6) is 0 Å². The van der Waals surface area contributed by atoms with Gasteiger partial charge in [0.1, 0.15) is 0 Å². The summed E-state index contributed by atoms with van der Waals surface area (Å²) in [5.41, 5.74) is 0. The van der Waals surface area contributed by atoms with Crippen molar-refractivity contribution < 1.29 is 0 Å². The summed E-state index contributed by atoms with van der Waals surface area (Å²) in [4.78, 5) is 0. The number of allylic oxidation sites excluding steroid dienone is 1. The fourth-order valence-electron chi connectivity index (χ4n) is 1.57. The van der Waals surface area contributed by atoms with Gasteiger partial charge in [0.25, 0.3) is 0 Å². The van der Waals surface area contributed by atoms with Gasteiger partial charge in [-0.2, -0.15) is 0 Å². The molecule has 13 heavy (non-hydrogen) atoms. The first-order valence-electron chi connectivity index (χ1n) is 5.48. The van der Waals surface area contributed by atoms with Gasteiger partial charge >= 0.3 is 92.1 Å². The summed E-state index contributed by atoms with van der Waals surface area (Å²) < 4.78 is 0. The van der Waals surface area contributed by atoms with Crippen LogP contribution in [0.3, 0.4) is 0 Å². The van der Waals surface area contributed by atoms with Gasteiger partial charge < -0.3 is 0 Å². The molecule has 0 unspecified atom stereocenters. The zero-order valence-corrected chi connectivity index (χ0v) is 11.7. The van der Waals surface area contributed by atoms with Gasteiger partial charge in [0.05, 0.1) is 0 Å². The van der Waals surface area contributed by atoms with Gasteiger partial charge in [0.15, 0.2) is 0 Å². The van der Waals surface area contributed by atoms with E-state index in [0.29, 0.717) is 0 Å². The molecular formula is C11H24BrP. The molecule has 0 heterocycles. The molecule has 0 spiro atoms. The maximum atomic E-state index is 4.02. The molecule has 0 aromatic carbocycles. The van der Waals surface area contributed by atoms with Crippen molar-refractivity contribution in [3.05, 3.63) is 12.7 Å². The van der Waals surface area contributed by atoms with Crippen LogP contribution in [0.1, 0.15) is 39.5 Å². The summed E-state index contributed by atoms with van der Waals surface area (Å²) in [7, 11) is 0. The summed E-state index contributed by atoms with van der Waals surface area (Å²) in [5.74, 6) is -1.10. The van der Waals surface area contributed by atoms with Crippen molar-refractivity contribution >= 4 is 21.5 Å². The van der Waals surface area contributed by atoms with Gasteiger partial charge in [-0.05, 0) is 0 Å². The summed E-state index contributed by atoms with van der Waals surface area (Å²) in [6, 6.07) is 0. The van der Waals surface area contributed by atoms with E-state index in [1.807, 2.05) is 0 Å². The Morgan fingerprint density at radius 2 is 1.62 bits per heavy atom. The number of halogens is 1. The monoisotopic (exact) mass is 266 g/mol. The van der Waals surface area contributed by atoms with Crippen LogP contribution >= 0.6 is 21.5 Å². The minimum atomic E-state index is -1.10. The average Bonchev–Trinajstić information content (AvgIpc) is 2.12. The molecule has 0 aromatic rings. The molecule has 0 fully saturated rings. The summed E-state index contributed by atoms with van der Waals surface area (Å²) in [6.45, 7) is 8.41. The molecule has 0 aliphatic rings. The number of hydrogen-bond acceptors (Lipinski definition) is 0. The van der Waals surface area contributed by atoms with Gasteiger partial charge in [0.2, 0.25) is 0 Å². The summed E-state index contributed by atoms with van der Waals surface area (Å²) in [6.07, 6.45) is 11.6. The van der Waals surface area contributed by atoms with Crippen LogP contribution < -0.4 is 0 Å². The van der Waals surface area contributed by atoms with E-state index in [-0.39, 0.29) is 0 Å². The van der Waals surface area contributed by atoms with Crippen molar-refractivity contribution in [3.8, 4) is 0 Å². The fraction of sp³-hybridized carbons (Fsp3) is 0.818. The van der Waals surface area contributed by atoms with Crippen LogP contribution in [0, 0.1) is 0 Å². The first-order chi connectivity index (χ1) is 6.18. The van der Waals surface area contributed by atoms with Crippen molar-refractivity contribution in [2.24, 2.45) is 0 Å². The Balaban J connectivity index is 3.90. The Labute approximate surface area is 92.3 Å². The normalized spacial score (nSPS) is 12.8. The standard InChI is InChI=1S/C11H24BrP/c1-4-7-10-13(12,9-6-3)11-8-5-2/h6,13H,3-5,7-11H2,1-2H3. The maximum absolute atomic E-state index is 4.02. The molecule has 0 rings (SSSR count). The molecule has 0 nitrogen and oxygen atoms in total. The van der Waals surface area contributed by atoms with E-state index in [1.54, 1.807) is 0 Å². The van der Waals surface area contributed by atoms with E-state index >= 15 is 0 Å². The van der Waals surface area contributed by atoms with Gasteiger partial charge in [-0.1, -0.05) is 0 Å². The molecule has 0 saturated carbocycles. The second-order valence-electron chi connectivity index (χ2n) is 3.85. The van der Waals surface area contributed by atoms with E-state index in [4.69, 9.17) is 0 Å². The molecule has 0 amide bonds. The van der Waals surface area contributed by atoms with E-state index in [2.05, 4.69) is 42.0 Å². The molecule has 0 bridgehead atoms. The zero-order chi connectivity index (χ0) is 10.2. The Morgan fingerprint density at radius 3 is 1.92 bits per heavy atom. The average molecular weight is 267 g/mol. The van der Waals surface area contributed by atoms with E-state index in [9.17, 15) is 0 Å². The SMILES string of the molecule is C=CC[PH](Br)(CCCC)CCCC. The van der Waals surface area contributed by atoms with Crippen molar-refractivity contribution in [3.63, 3.8) is 0 Å². The molecule has 0 atom stereocenters. The fourth-order valence-corrected chi connectivity index (χ4v) is 7.09. The predicted octanol–water partition coefficient (Wildman–Crippen LogP) is 4.83. The van der Waals surface area contributed by atoms with Crippen LogP contribution in [0.4, 0.5) is 0 Å². The molecule has 0 aliphatic heterocycles. The van der Waals surface area contributed by atoms with Gasteiger partial charge in [0, 0.05) is 0 Å². The minimum absolute atomic E-state index is 1.10. The zero-order valence-electron chi connectivity index (χ0n) is 9.11. The van der Waals surface area contributed by atoms with Crippen molar-refractivity contribution in [2.75, 3.05) is 18.5 Å². The second-order valence-corrected chi connectivity index (χ2v) is 12.6. The van der Waals surface area contributed by atoms with Crippen LogP contribution in [-0.2, 0) is 0 Å². The third kappa shape index (κ3) is 6.69. The molecular weight excluding hydrogens is 243 g/mol. The number of unbranched alkanes of at least 4 members (excludes halogenated alkanes) is 2. The number of hydrogen-bond donors (Lipinski definition) is 0.